The Balaban J connectivity index is 2.04. The van der Waals surface area contributed by atoms with Gasteiger partial charge in [0.15, 0.2) is 0 Å². The van der Waals surface area contributed by atoms with Crippen LogP contribution in [-0.4, -0.2) is 41.4 Å². The Bertz CT molecular complexity index is 520. The van der Waals surface area contributed by atoms with Crippen LogP contribution in [0.4, 0.5) is 23.7 Å². The number of rotatable bonds is 4. The molecule has 1 aliphatic heterocycles. The first-order valence-electron chi connectivity index (χ1n) is 7.24. The summed E-state index contributed by atoms with van der Waals surface area (Å²) in [4.78, 5) is 13.7. The third-order valence-corrected chi connectivity index (χ3v) is 3.79. The van der Waals surface area contributed by atoms with Crippen LogP contribution in [0.15, 0.2) is 24.3 Å². The molecule has 4 nitrogen and oxygen atoms in total. The Morgan fingerprint density at radius 2 is 2.09 bits per heavy atom. The average Bonchev–Trinajstić information content (AvgIpc) is 2.94. The Kier molecular flexibility index (Phi) is 5.28. The van der Waals surface area contributed by atoms with Crippen LogP contribution in [0.2, 0.25) is 0 Å². The predicted molar refractivity (Wildman–Crippen MR) is 76.7 cm³/mol. The quantitative estimate of drug-likeness (QED) is 0.896. The van der Waals surface area contributed by atoms with Gasteiger partial charge in [0.25, 0.3) is 0 Å². The number of halogens is 3. The van der Waals surface area contributed by atoms with E-state index < -0.39 is 12.6 Å². The molecule has 0 bridgehead atoms. The van der Waals surface area contributed by atoms with Crippen LogP contribution >= 0.6 is 0 Å². The summed E-state index contributed by atoms with van der Waals surface area (Å²) in [7, 11) is 0. The van der Waals surface area contributed by atoms with Crippen LogP contribution in [0.1, 0.15) is 24.8 Å². The lowest BCUT2D eigenvalue weighted by Crippen LogP contribution is -2.40. The first-order chi connectivity index (χ1) is 10.4. The van der Waals surface area contributed by atoms with Gasteiger partial charge in [-0.2, -0.15) is 13.2 Å². The van der Waals surface area contributed by atoms with Gasteiger partial charge >= 0.3 is 12.2 Å². The molecule has 1 atom stereocenters. The second-order valence-corrected chi connectivity index (χ2v) is 5.37. The molecule has 0 unspecified atom stereocenters. The summed E-state index contributed by atoms with van der Waals surface area (Å²) in [6, 6.07) is 5.88. The van der Waals surface area contributed by atoms with Crippen molar-refractivity contribution in [1.82, 2.24) is 4.90 Å². The van der Waals surface area contributed by atoms with E-state index in [-0.39, 0.29) is 25.1 Å². The number of hydrogen-bond acceptors (Lipinski definition) is 2. The molecular formula is C15H19F3N2O2. The molecule has 2 amide bonds. The summed E-state index contributed by atoms with van der Waals surface area (Å²) in [5.41, 5.74) is 0.841. The van der Waals surface area contributed by atoms with E-state index in [1.54, 1.807) is 24.3 Å². The number of benzene rings is 1. The molecule has 2 N–H and O–H groups in total. The number of aliphatic hydroxyl groups is 1. The highest BCUT2D eigenvalue weighted by Crippen LogP contribution is 2.26. The van der Waals surface area contributed by atoms with Gasteiger partial charge in [0.2, 0.25) is 0 Å². The van der Waals surface area contributed by atoms with Gasteiger partial charge in [-0.3, -0.25) is 0 Å². The van der Waals surface area contributed by atoms with Crippen molar-refractivity contribution in [2.24, 2.45) is 0 Å². The number of aryl methyl sites for hydroxylation is 1. The summed E-state index contributed by atoms with van der Waals surface area (Å²) < 4.78 is 37.1. The summed E-state index contributed by atoms with van der Waals surface area (Å²) in [6.07, 6.45) is -3.78. The molecule has 7 heteroatoms. The number of urea groups is 1. The van der Waals surface area contributed by atoms with E-state index in [0.29, 0.717) is 17.8 Å². The Labute approximate surface area is 126 Å². The fourth-order valence-corrected chi connectivity index (χ4v) is 2.62. The number of amides is 2. The second-order valence-electron chi connectivity index (χ2n) is 5.37. The van der Waals surface area contributed by atoms with Gasteiger partial charge in [0, 0.05) is 18.7 Å². The fourth-order valence-electron chi connectivity index (χ4n) is 2.62. The molecule has 1 aliphatic rings. The normalized spacial score (nSPS) is 18.5. The van der Waals surface area contributed by atoms with Crippen LogP contribution in [0.3, 0.4) is 0 Å². The highest BCUT2D eigenvalue weighted by molar-refractivity contribution is 5.90. The maximum absolute atomic E-state index is 12.4. The molecule has 1 fully saturated rings. The van der Waals surface area contributed by atoms with Crippen LogP contribution in [0, 0.1) is 0 Å². The summed E-state index contributed by atoms with van der Waals surface area (Å²) in [6.45, 7) is 0.435. The Morgan fingerprint density at radius 3 is 2.77 bits per heavy atom. The molecule has 2 rings (SSSR count). The zero-order chi connectivity index (χ0) is 16.2. The van der Waals surface area contributed by atoms with Crippen molar-refractivity contribution in [3.63, 3.8) is 0 Å². The number of anilines is 1. The summed E-state index contributed by atoms with van der Waals surface area (Å²) in [5.74, 6) is 0. The number of carbonyl (C=O) groups excluding carboxylic acids is 1. The number of alkyl halides is 3. The average molecular weight is 316 g/mol. The minimum Gasteiger partial charge on any atom is -0.394 e. The van der Waals surface area contributed by atoms with Gasteiger partial charge in [-0.1, -0.05) is 18.2 Å². The molecule has 0 radical (unpaired) electrons. The zero-order valence-corrected chi connectivity index (χ0v) is 12.1. The third kappa shape index (κ3) is 4.37. The van der Waals surface area contributed by atoms with E-state index in [2.05, 4.69) is 5.32 Å². The van der Waals surface area contributed by atoms with Gasteiger partial charge in [-0.25, -0.2) is 4.79 Å². The maximum Gasteiger partial charge on any atom is 0.389 e. The second kappa shape index (κ2) is 7.00. The Hall–Kier alpha value is -1.76. The van der Waals surface area contributed by atoms with Crippen LogP contribution in [0.5, 0.6) is 0 Å². The van der Waals surface area contributed by atoms with E-state index in [1.165, 1.54) is 4.90 Å². The van der Waals surface area contributed by atoms with Crippen LogP contribution < -0.4 is 5.32 Å². The minimum absolute atomic E-state index is 0.108. The number of hydrogen-bond donors (Lipinski definition) is 2. The van der Waals surface area contributed by atoms with Crippen LogP contribution in [0.25, 0.3) is 0 Å². The first kappa shape index (κ1) is 16.6. The van der Waals surface area contributed by atoms with Crippen molar-refractivity contribution >= 4 is 11.7 Å². The molecule has 22 heavy (non-hydrogen) atoms. The molecule has 122 valence electrons. The van der Waals surface area contributed by atoms with E-state index in [4.69, 9.17) is 0 Å². The zero-order valence-electron chi connectivity index (χ0n) is 12.1. The minimum atomic E-state index is -4.23. The molecule has 1 aromatic carbocycles. The van der Waals surface area contributed by atoms with Gasteiger partial charge in [0.1, 0.15) is 0 Å². The number of para-hydroxylation sites is 1. The SMILES string of the molecule is O=C(Nc1ccccc1CCC(F)(F)F)N1CCC[C@@H]1CO. The lowest BCUT2D eigenvalue weighted by molar-refractivity contribution is -0.133. The number of nitrogens with one attached hydrogen (secondary N) is 1. The molecule has 1 heterocycles. The van der Waals surface area contributed by atoms with Gasteiger partial charge < -0.3 is 15.3 Å². The smallest absolute Gasteiger partial charge is 0.389 e. The topological polar surface area (TPSA) is 52.6 Å². The van der Waals surface area contributed by atoms with E-state index >= 15 is 0 Å². The molecule has 0 saturated carbocycles. The lowest BCUT2D eigenvalue weighted by atomic mass is 10.1. The van der Waals surface area contributed by atoms with E-state index in [9.17, 15) is 23.1 Å². The van der Waals surface area contributed by atoms with Gasteiger partial charge in [0.05, 0.1) is 12.6 Å². The Morgan fingerprint density at radius 1 is 1.36 bits per heavy atom. The van der Waals surface area contributed by atoms with Crippen molar-refractivity contribution in [2.45, 2.75) is 37.9 Å². The first-order valence-corrected chi connectivity index (χ1v) is 7.24. The number of aliphatic hydroxyl groups excluding tert-OH is 1. The third-order valence-electron chi connectivity index (χ3n) is 3.79. The standard InChI is InChI=1S/C15H19F3N2O2/c16-15(17,18)8-7-11-4-1-2-6-13(11)19-14(22)20-9-3-5-12(20)10-21/h1-2,4,6,12,21H,3,5,7-10H2,(H,19,22)/t12-/m1/s1. The highest BCUT2D eigenvalue weighted by atomic mass is 19.4. The maximum atomic E-state index is 12.4. The molecular weight excluding hydrogens is 297 g/mol. The monoisotopic (exact) mass is 316 g/mol. The largest absolute Gasteiger partial charge is 0.394 e. The summed E-state index contributed by atoms with van der Waals surface area (Å²) in [5, 5.41) is 11.9. The van der Waals surface area contributed by atoms with E-state index in [0.717, 1.165) is 12.8 Å². The highest BCUT2D eigenvalue weighted by Gasteiger charge is 2.29. The van der Waals surface area contributed by atoms with Crippen molar-refractivity contribution in [1.29, 1.82) is 0 Å². The van der Waals surface area contributed by atoms with E-state index in [1.807, 2.05) is 0 Å². The number of likely N-dealkylation sites (tertiary alicyclic amines) is 1. The van der Waals surface area contributed by atoms with Crippen molar-refractivity contribution in [3.8, 4) is 0 Å². The summed E-state index contributed by atoms with van der Waals surface area (Å²) >= 11 is 0. The lowest BCUT2D eigenvalue weighted by Gasteiger charge is -2.24. The predicted octanol–water partition coefficient (Wildman–Crippen LogP) is 3.17. The fraction of sp³-hybridized carbons (Fsp3) is 0.533. The van der Waals surface area contributed by atoms with Crippen molar-refractivity contribution in [2.75, 3.05) is 18.5 Å². The molecule has 0 aliphatic carbocycles. The number of nitrogens with zero attached hydrogens (tertiary/aromatic N) is 1. The molecule has 1 aromatic rings. The van der Waals surface area contributed by atoms with Crippen molar-refractivity contribution in [3.05, 3.63) is 29.8 Å². The molecule has 1 saturated heterocycles. The number of carbonyl (C=O) groups is 1. The molecule has 0 spiro atoms. The molecule has 0 aromatic heterocycles. The van der Waals surface area contributed by atoms with Gasteiger partial charge in [-0.15, -0.1) is 0 Å². The van der Waals surface area contributed by atoms with Crippen LogP contribution in [-0.2, 0) is 6.42 Å². The van der Waals surface area contributed by atoms with Gasteiger partial charge in [-0.05, 0) is 30.9 Å². The van der Waals surface area contributed by atoms with Crippen molar-refractivity contribution < 1.29 is 23.1 Å².